The molecule has 1 aromatic heterocycles. The van der Waals surface area contributed by atoms with Crippen LogP contribution in [0.4, 0.5) is 0 Å². The van der Waals surface area contributed by atoms with Crippen molar-refractivity contribution in [1.29, 1.82) is 0 Å². The second kappa shape index (κ2) is 6.67. The summed E-state index contributed by atoms with van der Waals surface area (Å²) >= 11 is 0. The maximum absolute atomic E-state index is 10.5. The van der Waals surface area contributed by atoms with Crippen LogP contribution < -0.4 is 4.74 Å². The van der Waals surface area contributed by atoms with Crippen molar-refractivity contribution < 1.29 is 19.7 Å². The van der Waals surface area contributed by atoms with Gasteiger partial charge in [-0.2, -0.15) is 0 Å². The molecule has 5 nitrogen and oxygen atoms in total. The highest BCUT2D eigenvalue weighted by Crippen LogP contribution is 2.24. The first-order valence-corrected chi connectivity index (χ1v) is 6.34. The van der Waals surface area contributed by atoms with Gasteiger partial charge in [-0.25, -0.2) is 9.78 Å². The highest BCUT2D eigenvalue weighted by molar-refractivity contribution is 5.85. The molecule has 1 heterocycles. The summed E-state index contributed by atoms with van der Waals surface area (Å²) in [5.74, 6) is 0.0253. The van der Waals surface area contributed by atoms with E-state index in [1.165, 1.54) is 12.3 Å². The topological polar surface area (TPSA) is 79.7 Å². The minimum Gasteiger partial charge on any atom is -0.478 e. The van der Waals surface area contributed by atoms with Crippen LogP contribution in [-0.4, -0.2) is 21.2 Å². The molecule has 1 aromatic carbocycles. The van der Waals surface area contributed by atoms with Gasteiger partial charge in [-0.3, -0.25) is 0 Å². The Bertz CT molecular complexity index is 680. The van der Waals surface area contributed by atoms with E-state index >= 15 is 0 Å². The van der Waals surface area contributed by atoms with Crippen LogP contribution in [0.5, 0.6) is 11.6 Å². The number of aliphatic carboxylic acids is 1. The van der Waals surface area contributed by atoms with Gasteiger partial charge in [0, 0.05) is 17.8 Å². The number of hydrogen-bond donors (Lipinski definition) is 2. The van der Waals surface area contributed by atoms with E-state index in [0.717, 1.165) is 17.2 Å². The maximum atomic E-state index is 10.5. The highest BCUT2D eigenvalue weighted by Gasteiger charge is 2.04. The number of carboxylic acids is 1. The number of hydrogen-bond acceptors (Lipinski definition) is 4. The predicted octanol–water partition coefficient (Wildman–Crippen LogP) is 2.77. The Labute approximate surface area is 122 Å². The van der Waals surface area contributed by atoms with E-state index in [4.69, 9.17) is 14.9 Å². The van der Waals surface area contributed by atoms with E-state index < -0.39 is 5.97 Å². The van der Waals surface area contributed by atoms with Crippen molar-refractivity contribution in [2.24, 2.45) is 0 Å². The summed E-state index contributed by atoms with van der Waals surface area (Å²) in [6.07, 6.45) is 4.07. The number of ether oxygens (including phenoxy) is 1. The molecule has 0 saturated heterocycles. The van der Waals surface area contributed by atoms with E-state index in [9.17, 15) is 4.79 Å². The van der Waals surface area contributed by atoms with Crippen LogP contribution in [0.3, 0.4) is 0 Å². The molecule has 21 heavy (non-hydrogen) atoms. The predicted molar refractivity (Wildman–Crippen MR) is 78.1 cm³/mol. The Kier molecular flexibility index (Phi) is 4.68. The highest BCUT2D eigenvalue weighted by atomic mass is 16.5. The largest absolute Gasteiger partial charge is 0.478 e. The van der Waals surface area contributed by atoms with Gasteiger partial charge in [-0.05, 0) is 42.3 Å². The number of aliphatic hydroxyl groups is 1. The van der Waals surface area contributed by atoms with Crippen molar-refractivity contribution in [1.82, 2.24) is 4.98 Å². The number of nitrogens with zero attached hydrogens (tertiary/aromatic N) is 1. The molecular weight excluding hydrogens is 270 g/mol. The number of aliphatic hydroxyl groups excluding tert-OH is 1. The van der Waals surface area contributed by atoms with Crippen LogP contribution in [0.2, 0.25) is 0 Å². The van der Waals surface area contributed by atoms with Crippen molar-refractivity contribution in [2.75, 3.05) is 0 Å². The van der Waals surface area contributed by atoms with Crippen LogP contribution in [-0.2, 0) is 11.4 Å². The lowest BCUT2D eigenvalue weighted by Crippen LogP contribution is -1.93. The molecule has 0 aliphatic heterocycles. The molecule has 108 valence electrons. The molecule has 0 fully saturated rings. The van der Waals surface area contributed by atoms with Crippen LogP contribution in [0.25, 0.3) is 6.08 Å². The Morgan fingerprint density at radius 3 is 2.86 bits per heavy atom. The SMILES string of the molecule is Cc1cc(/C=C/C(=O)O)cnc1Oc1cccc(CO)c1. The first-order chi connectivity index (χ1) is 10.1. The van der Waals surface area contributed by atoms with Crippen LogP contribution in [0.1, 0.15) is 16.7 Å². The Balaban J connectivity index is 2.19. The summed E-state index contributed by atoms with van der Waals surface area (Å²) in [6, 6.07) is 8.89. The van der Waals surface area contributed by atoms with Crippen LogP contribution in [0.15, 0.2) is 42.6 Å². The molecule has 0 spiro atoms. The molecule has 0 aliphatic carbocycles. The number of aromatic nitrogens is 1. The van der Waals surface area contributed by atoms with Crippen molar-refractivity contribution in [3.8, 4) is 11.6 Å². The number of aryl methyl sites for hydroxylation is 1. The van der Waals surface area contributed by atoms with Gasteiger partial charge in [0.15, 0.2) is 0 Å². The van der Waals surface area contributed by atoms with E-state index in [0.29, 0.717) is 17.2 Å². The van der Waals surface area contributed by atoms with Crippen molar-refractivity contribution in [3.63, 3.8) is 0 Å². The molecule has 2 N–H and O–H groups in total. The lowest BCUT2D eigenvalue weighted by Gasteiger charge is -2.09. The molecule has 0 saturated carbocycles. The summed E-state index contributed by atoms with van der Waals surface area (Å²) < 4.78 is 5.67. The minimum atomic E-state index is -1.01. The third-order valence-corrected chi connectivity index (χ3v) is 2.77. The van der Waals surface area contributed by atoms with Crippen LogP contribution in [0, 0.1) is 6.92 Å². The minimum absolute atomic E-state index is 0.0530. The second-order valence-corrected chi connectivity index (χ2v) is 4.47. The molecule has 5 heteroatoms. The van der Waals surface area contributed by atoms with Gasteiger partial charge >= 0.3 is 5.97 Å². The van der Waals surface area contributed by atoms with E-state index in [1.807, 2.05) is 6.92 Å². The number of rotatable bonds is 5. The van der Waals surface area contributed by atoms with Gasteiger partial charge in [-0.1, -0.05) is 12.1 Å². The standard InChI is InChI=1S/C16H15NO4/c1-11-7-12(5-6-15(19)20)9-17-16(11)21-14-4-2-3-13(8-14)10-18/h2-9,18H,10H2,1H3,(H,19,20)/b6-5+. The summed E-state index contributed by atoms with van der Waals surface area (Å²) in [5.41, 5.74) is 2.23. The summed E-state index contributed by atoms with van der Waals surface area (Å²) in [6.45, 7) is 1.78. The molecule has 0 radical (unpaired) electrons. The summed E-state index contributed by atoms with van der Waals surface area (Å²) in [7, 11) is 0. The smallest absolute Gasteiger partial charge is 0.328 e. The van der Waals surface area contributed by atoms with Gasteiger partial charge in [0.05, 0.1) is 6.61 Å². The van der Waals surface area contributed by atoms with Crippen molar-refractivity contribution in [2.45, 2.75) is 13.5 Å². The average molecular weight is 285 g/mol. The molecule has 0 amide bonds. The first kappa shape index (κ1) is 14.7. The monoisotopic (exact) mass is 285 g/mol. The third kappa shape index (κ3) is 4.15. The zero-order valence-corrected chi connectivity index (χ0v) is 11.5. The molecule has 0 aliphatic rings. The van der Waals surface area contributed by atoms with Crippen molar-refractivity contribution >= 4 is 12.0 Å². The Morgan fingerprint density at radius 1 is 1.38 bits per heavy atom. The van der Waals surface area contributed by atoms with Gasteiger partial charge in [0.2, 0.25) is 5.88 Å². The lowest BCUT2D eigenvalue weighted by atomic mass is 10.2. The average Bonchev–Trinajstić information content (AvgIpc) is 2.48. The maximum Gasteiger partial charge on any atom is 0.328 e. The molecule has 2 aromatic rings. The number of carbonyl (C=O) groups is 1. The fourth-order valence-electron chi connectivity index (χ4n) is 1.77. The summed E-state index contributed by atoms with van der Waals surface area (Å²) in [4.78, 5) is 14.7. The molecule has 2 rings (SSSR count). The number of pyridine rings is 1. The molecule has 0 atom stereocenters. The van der Waals surface area contributed by atoms with E-state index in [-0.39, 0.29) is 6.61 Å². The number of benzene rings is 1. The summed E-state index contributed by atoms with van der Waals surface area (Å²) in [5, 5.41) is 17.7. The fourth-order valence-corrected chi connectivity index (χ4v) is 1.77. The fraction of sp³-hybridized carbons (Fsp3) is 0.125. The zero-order chi connectivity index (χ0) is 15.2. The quantitative estimate of drug-likeness (QED) is 0.826. The normalized spacial score (nSPS) is 10.8. The lowest BCUT2D eigenvalue weighted by molar-refractivity contribution is -0.131. The third-order valence-electron chi connectivity index (χ3n) is 2.77. The van der Waals surface area contributed by atoms with Gasteiger partial charge < -0.3 is 14.9 Å². The van der Waals surface area contributed by atoms with Gasteiger partial charge in [0.1, 0.15) is 5.75 Å². The molecular formula is C16H15NO4. The molecule has 0 unspecified atom stereocenters. The zero-order valence-electron chi connectivity index (χ0n) is 11.5. The van der Waals surface area contributed by atoms with Gasteiger partial charge in [-0.15, -0.1) is 0 Å². The van der Waals surface area contributed by atoms with Crippen LogP contribution >= 0.6 is 0 Å². The first-order valence-electron chi connectivity index (χ1n) is 6.34. The van der Waals surface area contributed by atoms with E-state index in [2.05, 4.69) is 4.98 Å². The second-order valence-electron chi connectivity index (χ2n) is 4.47. The van der Waals surface area contributed by atoms with Crippen molar-refractivity contribution in [3.05, 3.63) is 59.3 Å². The molecule has 0 bridgehead atoms. The Hall–Kier alpha value is -2.66. The van der Waals surface area contributed by atoms with E-state index in [1.54, 1.807) is 30.3 Å². The van der Waals surface area contributed by atoms with Gasteiger partial charge in [0.25, 0.3) is 0 Å². The Morgan fingerprint density at radius 2 is 2.19 bits per heavy atom. The number of carboxylic acid groups (broad SMARTS) is 1.